The molecule has 1 aliphatic rings. The lowest BCUT2D eigenvalue weighted by atomic mass is 10.1. The molecule has 1 saturated heterocycles. The van der Waals surface area contributed by atoms with Crippen LogP contribution in [-0.4, -0.2) is 19.3 Å². The molecule has 1 rings (SSSR count). The highest BCUT2D eigenvalue weighted by molar-refractivity contribution is 5.85. The van der Waals surface area contributed by atoms with Gasteiger partial charge in [0, 0.05) is 6.04 Å². The van der Waals surface area contributed by atoms with E-state index >= 15 is 0 Å². The van der Waals surface area contributed by atoms with Crippen LogP contribution in [0.25, 0.3) is 0 Å². The Morgan fingerprint density at radius 3 is 2.56 bits per heavy atom. The van der Waals surface area contributed by atoms with Crippen LogP contribution in [0.3, 0.4) is 0 Å². The van der Waals surface area contributed by atoms with Gasteiger partial charge in [0.05, 0.1) is 0 Å². The first-order valence-corrected chi connectivity index (χ1v) is 3.23. The summed E-state index contributed by atoms with van der Waals surface area (Å²) in [5.41, 5.74) is 0. The van der Waals surface area contributed by atoms with Crippen LogP contribution in [0.15, 0.2) is 0 Å². The Kier molecular flexibility index (Phi) is 5.10. The third-order valence-electron chi connectivity index (χ3n) is 1.60. The molecule has 0 aromatic rings. The van der Waals surface area contributed by atoms with E-state index in [0.29, 0.717) is 0 Å². The zero-order valence-electron chi connectivity index (χ0n) is 5.40. The van der Waals surface area contributed by atoms with E-state index < -0.39 is 0 Å². The highest BCUT2D eigenvalue weighted by Gasteiger charge is 2.10. The van der Waals surface area contributed by atoms with Crippen molar-refractivity contribution in [3.8, 4) is 0 Å². The van der Waals surface area contributed by atoms with Crippen molar-refractivity contribution >= 4 is 12.4 Å². The fourth-order valence-corrected chi connectivity index (χ4v) is 1.06. The number of rotatable bonds is 1. The van der Waals surface area contributed by atoms with Gasteiger partial charge in [-0.3, -0.25) is 0 Å². The molecule has 1 N–H and O–H groups in total. The van der Waals surface area contributed by atoms with Crippen molar-refractivity contribution < 1.29 is 4.39 Å². The number of hydrogen-bond acceptors (Lipinski definition) is 1. The Morgan fingerprint density at radius 1 is 1.44 bits per heavy atom. The van der Waals surface area contributed by atoms with Gasteiger partial charge >= 0.3 is 0 Å². The second kappa shape index (κ2) is 5.00. The molecule has 0 spiro atoms. The van der Waals surface area contributed by atoms with Gasteiger partial charge < -0.3 is 5.32 Å². The average Bonchev–Trinajstić information content (AvgIpc) is 1.90. The largest absolute Gasteiger partial charge is 0.311 e. The van der Waals surface area contributed by atoms with E-state index in [0.717, 1.165) is 13.0 Å². The van der Waals surface area contributed by atoms with Crippen LogP contribution < -0.4 is 5.32 Å². The molecule has 0 saturated carbocycles. The van der Waals surface area contributed by atoms with Gasteiger partial charge in [0.1, 0.15) is 6.67 Å². The van der Waals surface area contributed by atoms with Gasteiger partial charge in [0.15, 0.2) is 0 Å². The van der Waals surface area contributed by atoms with Crippen LogP contribution >= 0.6 is 12.4 Å². The van der Waals surface area contributed by atoms with Crippen LogP contribution in [0.5, 0.6) is 0 Å². The normalized spacial score (nSPS) is 27.0. The molecule has 1 fully saturated rings. The molecule has 9 heavy (non-hydrogen) atoms. The first-order valence-electron chi connectivity index (χ1n) is 3.23. The van der Waals surface area contributed by atoms with Crippen molar-refractivity contribution in [2.75, 3.05) is 13.2 Å². The van der Waals surface area contributed by atoms with Crippen molar-refractivity contribution in [1.29, 1.82) is 0 Å². The van der Waals surface area contributed by atoms with E-state index in [1.165, 1.54) is 12.8 Å². The monoisotopic (exact) mass is 153 g/mol. The molecule has 0 amide bonds. The quantitative estimate of drug-likeness (QED) is 0.603. The van der Waals surface area contributed by atoms with E-state index in [4.69, 9.17) is 0 Å². The average molecular weight is 154 g/mol. The summed E-state index contributed by atoms with van der Waals surface area (Å²) in [5.74, 6) is 0. The Hall–Kier alpha value is 0.180. The summed E-state index contributed by atoms with van der Waals surface area (Å²) < 4.78 is 11.8. The summed E-state index contributed by atoms with van der Waals surface area (Å²) in [6, 6.07) is 0.170. The SMILES string of the molecule is Cl.FCC1CCCCN1. The molecular formula is C6H13ClFN. The zero-order chi connectivity index (χ0) is 5.82. The highest BCUT2D eigenvalue weighted by atomic mass is 35.5. The highest BCUT2D eigenvalue weighted by Crippen LogP contribution is 2.06. The number of nitrogens with one attached hydrogen (secondary N) is 1. The second-order valence-corrected chi connectivity index (χ2v) is 2.30. The molecular weight excluding hydrogens is 141 g/mol. The van der Waals surface area contributed by atoms with E-state index in [1.807, 2.05) is 0 Å². The van der Waals surface area contributed by atoms with Crippen molar-refractivity contribution in [1.82, 2.24) is 5.32 Å². The minimum absolute atomic E-state index is 0. The molecule has 56 valence electrons. The van der Waals surface area contributed by atoms with Crippen LogP contribution in [-0.2, 0) is 0 Å². The summed E-state index contributed by atoms with van der Waals surface area (Å²) in [7, 11) is 0. The van der Waals surface area contributed by atoms with Gasteiger partial charge in [-0.05, 0) is 19.4 Å². The standard InChI is InChI=1S/C6H12FN.ClH/c7-5-6-3-1-2-4-8-6;/h6,8H,1-5H2;1H. The van der Waals surface area contributed by atoms with Gasteiger partial charge in [0.2, 0.25) is 0 Å². The van der Waals surface area contributed by atoms with Gasteiger partial charge in [-0.1, -0.05) is 6.42 Å². The third-order valence-corrected chi connectivity index (χ3v) is 1.60. The topological polar surface area (TPSA) is 12.0 Å². The van der Waals surface area contributed by atoms with E-state index in [9.17, 15) is 4.39 Å². The molecule has 0 aromatic heterocycles. The van der Waals surface area contributed by atoms with E-state index in [1.54, 1.807) is 0 Å². The van der Waals surface area contributed by atoms with Gasteiger partial charge in [-0.15, -0.1) is 12.4 Å². The van der Waals surface area contributed by atoms with Gasteiger partial charge in [0.25, 0.3) is 0 Å². The molecule has 1 unspecified atom stereocenters. The lowest BCUT2D eigenvalue weighted by Gasteiger charge is -2.19. The van der Waals surface area contributed by atoms with Crippen LogP contribution in [0.1, 0.15) is 19.3 Å². The maximum atomic E-state index is 11.8. The molecule has 1 nitrogen and oxygen atoms in total. The minimum Gasteiger partial charge on any atom is -0.311 e. The number of halogens is 2. The molecule has 3 heteroatoms. The smallest absolute Gasteiger partial charge is 0.105 e. The number of hydrogen-bond donors (Lipinski definition) is 1. The van der Waals surface area contributed by atoms with E-state index in [-0.39, 0.29) is 25.1 Å². The van der Waals surface area contributed by atoms with Crippen molar-refractivity contribution in [3.63, 3.8) is 0 Å². The molecule has 0 bridgehead atoms. The number of piperidine rings is 1. The summed E-state index contributed by atoms with van der Waals surface area (Å²) in [4.78, 5) is 0. The first-order chi connectivity index (χ1) is 3.93. The lowest BCUT2D eigenvalue weighted by Crippen LogP contribution is -2.35. The summed E-state index contributed by atoms with van der Waals surface area (Å²) in [5, 5.41) is 3.09. The van der Waals surface area contributed by atoms with Crippen molar-refractivity contribution in [3.05, 3.63) is 0 Å². The predicted molar refractivity (Wildman–Crippen MR) is 38.9 cm³/mol. The molecule has 0 aliphatic carbocycles. The Bertz CT molecular complexity index is 64.1. The molecule has 1 atom stereocenters. The molecule has 1 heterocycles. The third kappa shape index (κ3) is 3.01. The Balaban J connectivity index is 0.000000640. The van der Waals surface area contributed by atoms with Crippen molar-refractivity contribution in [2.24, 2.45) is 0 Å². The molecule has 1 aliphatic heterocycles. The first kappa shape index (κ1) is 9.18. The Labute approximate surface area is 61.4 Å². The Morgan fingerprint density at radius 2 is 2.22 bits per heavy atom. The fourth-order valence-electron chi connectivity index (χ4n) is 1.06. The van der Waals surface area contributed by atoms with Crippen LogP contribution in [0, 0.1) is 0 Å². The minimum atomic E-state index is -0.194. The fraction of sp³-hybridized carbons (Fsp3) is 1.00. The summed E-state index contributed by atoms with van der Waals surface area (Å²) >= 11 is 0. The van der Waals surface area contributed by atoms with Gasteiger partial charge in [-0.25, -0.2) is 4.39 Å². The zero-order valence-corrected chi connectivity index (χ0v) is 6.22. The lowest BCUT2D eigenvalue weighted by molar-refractivity contribution is 0.320. The second-order valence-electron chi connectivity index (χ2n) is 2.30. The predicted octanol–water partition coefficient (Wildman–Crippen LogP) is 1.52. The van der Waals surface area contributed by atoms with Crippen LogP contribution in [0.4, 0.5) is 4.39 Å². The van der Waals surface area contributed by atoms with Crippen molar-refractivity contribution in [2.45, 2.75) is 25.3 Å². The number of alkyl halides is 1. The maximum Gasteiger partial charge on any atom is 0.105 e. The molecule has 0 aromatic carbocycles. The summed E-state index contributed by atoms with van der Waals surface area (Å²) in [6.45, 7) is 0.814. The molecule has 0 radical (unpaired) electrons. The maximum absolute atomic E-state index is 11.8. The van der Waals surface area contributed by atoms with E-state index in [2.05, 4.69) is 5.32 Å². The summed E-state index contributed by atoms with van der Waals surface area (Å²) in [6.07, 6.45) is 3.44. The van der Waals surface area contributed by atoms with Gasteiger partial charge in [-0.2, -0.15) is 0 Å². The van der Waals surface area contributed by atoms with Crippen LogP contribution in [0.2, 0.25) is 0 Å².